The van der Waals surface area contributed by atoms with Crippen molar-refractivity contribution < 1.29 is 4.79 Å². The molecule has 1 amide bonds. The summed E-state index contributed by atoms with van der Waals surface area (Å²) in [5.74, 6) is -0.215. The summed E-state index contributed by atoms with van der Waals surface area (Å²) in [6, 6.07) is 17.2. The van der Waals surface area contributed by atoms with Gasteiger partial charge in [-0.15, -0.1) is 0 Å². The minimum absolute atomic E-state index is 0.215. The van der Waals surface area contributed by atoms with E-state index in [0.717, 1.165) is 17.7 Å². The lowest BCUT2D eigenvalue weighted by Crippen LogP contribution is -2.45. The van der Waals surface area contributed by atoms with Gasteiger partial charge in [0.25, 0.3) is 0 Å². The first-order valence-corrected chi connectivity index (χ1v) is 6.79. The maximum absolute atomic E-state index is 12.4. The van der Waals surface area contributed by atoms with Crippen LogP contribution in [0.1, 0.15) is 25.0 Å². The van der Waals surface area contributed by atoms with E-state index in [9.17, 15) is 4.79 Å². The van der Waals surface area contributed by atoms with E-state index in [1.54, 1.807) is 6.92 Å². The van der Waals surface area contributed by atoms with Gasteiger partial charge in [0.05, 0.1) is 0 Å². The summed E-state index contributed by atoms with van der Waals surface area (Å²) < 4.78 is 0. The average Bonchev–Trinajstić information content (AvgIpc) is 2.49. The molecule has 3 N–H and O–H groups in total. The Morgan fingerprint density at radius 1 is 1.10 bits per heavy atom. The number of hydrogen-bond donors (Lipinski definition) is 2. The van der Waals surface area contributed by atoms with Crippen molar-refractivity contribution in [2.24, 2.45) is 5.73 Å². The van der Waals surface area contributed by atoms with Crippen LogP contribution in [-0.4, -0.2) is 5.91 Å². The molecule has 3 nitrogen and oxygen atoms in total. The standard InChI is InChI=1S/C17H20N2O/c1-3-13-9-11-15(12-10-13)19-16(20)17(2,18)14-7-5-4-6-8-14/h4-12H,3,18H2,1-2H3,(H,19,20). The van der Waals surface area contributed by atoms with Crippen LogP contribution < -0.4 is 11.1 Å². The van der Waals surface area contributed by atoms with Crippen molar-refractivity contribution in [2.75, 3.05) is 5.32 Å². The lowest BCUT2D eigenvalue weighted by molar-refractivity contribution is -0.120. The Labute approximate surface area is 119 Å². The summed E-state index contributed by atoms with van der Waals surface area (Å²) in [6.07, 6.45) is 0.979. The van der Waals surface area contributed by atoms with Crippen molar-refractivity contribution in [3.05, 3.63) is 65.7 Å². The van der Waals surface area contributed by atoms with E-state index in [1.165, 1.54) is 5.56 Å². The number of rotatable bonds is 4. The number of anilines is 1. The van der Waals surface area contributed by atoms with Crippen molar-refractivity contribution in [1.29, 1.82) is 0 Å². The lowest BCUT2D eigenvalue weighted by atomic mass is 9.92. The summed E-state index contributed by atoms with van der Waals surface area (Å²) in [6.45, 7) is 3.82. The van der Waals surface area contributed by atoms with E-state index in [2.05, 4.69) is 12.2 Å². The number of hydrogen-bond acceptors (Lipinski definition) is 2. The van der Waals surface area contributed by atoms with Crippen molar-refractivity contribution in [3.63, 3.8) is 0 Å². The zero-order valence-electron chi connectivity index (χ0n) is 11.9. The predicted molar refractivity (Wildman–Crippen MR) is 82.4 cm³/mol. The number of amides is 1. The topological polar surface area (TPSA) is 55.1 Å². The van der Waals surface area contributed by atoms with Gasteiger partial charge >= 0.3 is 0 Å². The van der Waals surface area contributed by atoms with Crippen LogP contribution in [0, 0.1) is 0 Å². The Morgan fingerprint density at radius 2 is 1.70 bits per heavy atom. The molecule has 2 aromatic carbocycles. The van der Waals surface area contributed by atoms with Crippen LogP contribution in [0.2, 0.25) is 0 Å². The first-order valence-electron chi connectivity index (χ1n) is 6.79. The molecule has 0 saturated heterocycles. The molecule has 0 radical (unpaired) electrons. The van der Waals surface area contributed by atoms with Crippen molar-refractivity contribution in [1.82, 2.24) is 0 Å². The zero-order valence-corrected chi connectivity index (χ0v) is 11.9. The van der Waals surface area contributed by atoms with Gasteiger partial charge in [-0.25, -0.2) is 0 Å². The van der Waals surface area contributed by atoms with Gasteiger partial charge in [-0.1, -0.05) is 49.4 Å². The number of nitrogens with two attached hydrogens (primary N) is 1. The van der Waals surface area contributed by atoms with Crippen LogP contribution in [0.15, 0.2) is 54.6 Å². The highest BCUT2D eigenvalue weighted by atomic mass is 16.2. The van der Waals surface area contributed by atoms with Gasteiger partial charge in [-0.3, -0.25) is 4.79 Å². The summed E-state index contributed by atoms with van der Waals surface area (Å²) in [5.41, 5.74) is 7.92. The molecule has 1 unspecified atom stereocenters. The summed E-state index contributed by atoms with van der Waals surface area (Å²) >= 11 is 0. The predicted octanol–water partition coefficient (Wildman–Crippen LogP) is 3.06. The maximum atomic E-state index is 12.4. The van der Waals surface area contributed by atoms with Crippen LogP contribution in [0.3, 0.4) is 0 Å². The van der Waals surface area contributed by atoms with Crippen LogP contribution in [-0.2, 0) is 16.8 Å². The second-order valence-corrected chi connectivity index (χ2v) is 5.07. The number of nitrogens with one attached hydrogen (secondary N) is 1. The maximum Gasteiger partial charge on any atom is 0.248 e. The second kappa shape index (κ2) is 5.88. The smallest absolute Gasteiger partial charge is 0.248 e. The summed E-state index contributed by atoms with van der Waals surface area (Å²) in [5, 5.41) is 2.87. The van der Waals surface area contributed by atoms with E-state index in [1.807, 2.05) is 54.6 Å². The minimum atomic E-state index is -1.05. The molecule has 0 aliphatic rings. The molecule has 2 rings (SSSR count). The lowest BCUT2D eigenvalue weighted by Gasteiger charge is -2.24. The zero-order chi connectivity index (χ0) is 14.6. The van der Waals surface area contributed by atoms with Gasteiger partial charge in [0.2, 0.25) is 5.91 Å². The molecular formula is C17H20N2O. The van der Waals surface area contributed by atoms with Gasteiger partial charge in [0.1, 0.15) is 5.54 Å². The first-order chi connectivity index (χ1) is 9.54. The molecular weight excluding hydrogens is 248 g/mol. The van der Waals surface area contributed by atoms with Gasteiger partial charge in [0, 0.05) is 5.69 Å². The number of aryl methyl sites for hydroxylation is 1. The van der Waals surface area contributed by atoms with Crippen LogP contribution >= 0.6 is 0 Å². The van der Waals surface area contributed by atoms with Gasteiger partial charge in [-0.05, 0) is 36.6 Å². The molecule has 104 valence electrons. The van der Waals surface area contributed by atoms with E-state index in [-0.39, 0.29) is 5.91 Å². The Bertz CT molecular complexity index is 574. The average molecular weight is 268 g/mol. The van der Waals surface area contributed by atoms with E-state index in [4.69, 9.17) is 5.73 Å². The van der Waals surface area contributed by atoms with E-state index >= 15 is 0 Å². The van der Waals surface area contributed by atoms with Crippen LogP contribution in [0.4, 0.5) is 5.69 Å². The molecule has 2 aromatic rings. The minimum Gasteiger partial charge on any atom is -0.324 e. The third kappa shape index (κ3) is 3.06. The van der Waals surface area contributed by atoms with Crippen molar-refractivity contribution in [2.45, 2.75) is 25.8 Å². The fraction of sp³-hybridized carbons (Fsp3) is 0.235. The third-order valence-electron chi connectivity index (χ3n) is 3.47. The Balaban J connectivity index is 2.14. The summed E-state index contributed by atoms with van der Waals surface area (Å²) in [7, 11) is 0. The van der Waals surface area contributed by atoms with Crippen LogP contribution in [0.5, 0.6) is 0 Å². The normalized spacial score (nSPS) is 13.6. The van der Waals surface area contributed by atoms with Crippen molar-refractivity contribution in [3.8, 4) is 0 Å². The quantitative estimate of drug-likeness (QED) is 0.895. The molecule has 0 heterocycles. The summed E-state index contributed by atoms with van der Waals surface area (Å²) in [4.78, 5) is 12.4. The first kappa shape index (κ1) is 14.3. The third-order valence-corrected chi connectivity index (χ3v) is 3.47. The van der Waals surface area contributed by atoms with Gasteiger partial charge in [0.15, 0.2) is 0 Å². The fourth-order valence-corrected chi connectivity index (χ4v) is 2.00. The number of benzene rings is 2. The molecule has 0 bridgehead atoms. The molecule has 1 atom stereocenters. The SMILES string of the molecule is CCc1ccc(NC(=O)C(C)(N)c2ccccc2)cc1. The molecule has 0 spiro atoms. The fourth-order valence-electron chi connectivity index (χ4n) is 2.00. The molecule has 0 aliphatic heterocycles. The number of carbonyl (C=O) groups excluding carboxylic acids is 1. The molecule has 0 fully saturated rings. The second-order valence-electron chi connectivity index (χ2n) is 5.07. The molecule has 0 aromatic heterocycles. The monoisotopic (exact) mass is 268 g/mol. The molecule has 3 heteroatoms. The molecule has 0 aliphatic carbocycles. The van der Waals surface area contributed by atoms with Crippen molar-refractivity contribution >= 4 is 11.6 Å². The Morgan fingerprint density at radius 3 is 2.25 bits per heavy atom. The largest absolute Gasteiger partial charge is 0.324 e. The van der Waals surface area contributed by atoms with Gasteiger partial charge in [-0.2, -0.15) is 0 Å². The van der Waals surface area contributed by atoms with E-state index in [0.29, 0.717) is 0 Å². The Hall–Kier alpha value is -2.13. The molecule has 0 saturated carbocycles. The Kier molecular flexibility index (Phi) is 4.20. The highest BCUT2D eigenvalue weighted by molar-refractivity contribution is 5.98. The van der Waals surface area contributed by atoms with Crippen LogP contribution in [0.25, 0.3) is 0 Å². The number of carbonyl (C=O) groups is 1. The highest BCUT2D eigenvalue weighted by Gasteiger charge is 2.30. The molecule has 20 heavy (non-hydrogen) atoms. The van der Waals surface area contributed by atoms with E-state index < -0.39 is 5.54 Å². The highest BCUT2D eigenvalue weighted by Crippen LogP contribution is 2.20. The van der Waals surface area contributed by atoms with Gasteiger partial charge < -0.3 is 11.1 Å².